The van der Waals surface area contributed by atoms with Crippen LogP contribution in [-0.2, 0) is 0 Å². The van der Waals surface area contributed by atoms with Crippen molar-refractivity contribution in [3.05, 3.63) is 66.6 Å². The fourth-order valence-corrected chi connectivity index (χ4v) is 3.15. The van der Waals surface area contributed by atoms with Gasteiger partial charge >= 0.3 is 0 Å². The number of aromatic nitrogens is 4. The lowest BCUT2D eigenvalue weighted by molar-refractivity contribution is 0.311. The van der Waals surface area contributed by atoms with Gasteiger partial charge in [-0.1, -0.05) is 42.5 Å². The molecule has 1 saturated heterocycles. The Kier molecular flexibility index (Phi) is 4.55. The minimum atomic E-state index is 0.748. The van der Waals surface area contributed by atoms with E-state index in [-0.39, 0.29) is 0 Å². The van der Waals surface area contributed by atoms with Crippen LogP contribution >= 0.6 is 0 Å². The van der Waals surface area contributed by atoms with Crippen molar-refractivity contribution in [2.45, 2.75) is 19.3 Å². The molecule has 2 aromatic carbocycles. The van der Waals surface area contributed by atoms with Crippen LogP contribution in [0.3, 0.4) is 0 Å². The average Bonchev–Trinajstić information content (AvgIpc) is 3.17. The monoisotopic (exact) mass is 331 g/mol. The van der Waals surface area contributed by atoms with Gasteiger partial charge in [0.05, 0.1) is 5.69 Å². The van der Waals surface area contributed by atoms with Crippen molar-refractivity contribution in [1.82, 2.24) is 25.1 Å². The molecule has 0 saturated carbocycles. The molecular formula is C20H21N5. The first-order chi connectivity index (χ1) is 12.4. The number of piperidine rings is 1. The second-order valence-corrected chi connectivity index (χ2v) is 6.27. The van der Waals surface area contributed by atoms with Gasteiger partial charge in [0.2, 0.25) is 0 Å². The first kappa shape index (κ1) is 15.6. The molecule has 126 valence electrons. The van der Waals surface area contributed by atoms with Gasteiger partial charge in [-0.05, 0) is 52.9 Å². The van der Waals surface area contributed by atoms with Crippen LogP contribution in [0.1, 0.15) is 25.1 Å². The first-order valence-electron chi connectivity index (χ1n) is 8.77. The maximum absolute atomic E-state index is 4.15. The highest BCUT2D eigenvalue weighted by Gasteiger charge is 2.08. The Morgan fingerprint density at radius 2 is 1.52 bits per heavy atom. The summed E-state index contributed by atoms with van der Waals surface area (Å²) < 4.78 is 1.77. The van der Waals surface area contributed by atoms with Crippen LogP contribution in [0.25, 0.3) is 22.9 Å². The molecule has 0 radical (unpaired) electrons. The Balaban J connectivity index is 1.54. The molecule has 0 atom stereocenters. The molecule has 4 rings (SSSR count). The number of tetrazole rings is 1. The molecule has 0 bridgehead atoms. The molecule has 1 aliphatic rings. The smallest absolute Gasteiger partial charge is 0.181 e. The summed E-state index contributed by atoms with van der Waals surface area (Å²) >= 11 is 0. The fraction of sp³-hybridized carbons (Fsp3) is 0.250. The first-order valence-corrected chi connectivity index (χ1v) is 8.77. The SMILES string of the molecule is C(=CN1CCCCC1)c1nnnn1-c1ccc(-c2ccccc2)cc1. The molecule has 3 aromatic rings. The van der Waals surface area contributed by atoms with E-state index in [1.165, 1.54) is 30.4 Å². The zero-order chi connectivity index (χ0) is 16.9. The Bertz CT molecular complexity index is 830. The van der Waals surface area contributed by atoms with E-state index in [4.69, 9.17) is 0 Å². The third-order valence-corrected chi connectivity index (χ3v) is 4.54. The lowest BCUT2D eigenvalue weighted by Gasteiger charge is -2.24. The van der Waals surface area contributed by atoms with Crippen LogP contribution in [0.5, 0.6) is 0 Å². The largest absolute Gasteiger partial charge is 0.377 e. The van der Waals surface area contributed by atoms with Crippen molar-refractivity contribution < 1.29 is 0 Å². The molecule has 25 heavy (non-hydrogen) atoms. The summed E-state index contributed by atoms with van der Waals surface area (Å²) in [5.74, 6) is 0.748. The molecule has 5 nitrogen and oxygen atoms in total. The van der Waals surface area contributed by atoms with Crippen LogP contribution in [-0.4, -0.2) is 38.2 Å². The number of rotatable bonds is 4. The Morgan fingerprint density at radius 3 is 2.28 bits per heavy atom. The van der Waals surface area contributed by atoms with Crippen molar-refractivity contribution in [3.8, 4) is 16.8 Å². The quantitative estimate of drug-likeness (QED) is 0.730. The minimum Gasteiger partial charge on any atom is -0.377 e. The topological polar surface area (TPSA) is 46.8 Å². The zero-order valence-corrected chi connectivity index (χ0v) is 14.1. The fourth-order valence-electron chi connectivity index (χ4n) is 3.15. The molecule has 0 spiro atoms. The number of likely N-dealkylation sites (tertiary alicyclic amines) is 1. The summed E-state index contributed by atoms with van der Waals surface area (Å²) in [5.41, 5.74) is 3.35. The van der Waals surface area contributed by atoms with E-state index in [2.05, 4.69) is 63.0 Å². The van der Waals surface area contributed by atoms with Crippen LogP contribution < -0.4 is 0 Å². The number of hydrogen-bond acceptors (Lipinski definition) is 4. The van der Waals surface area contributed by atoms with Gasteiger partial charge in [-0.2, -0.15) is 4.68 Å². The van der Waals surface area contributed by atoms with Gasteiger partial charge in [-0.25, -0.2) is 0 Å². The summed E-state index contributed by atoms with van der Waals surface area (Å²) in [6.07, 6.45) is 7.96. The molecule has 1 fully saturated rings. The van der Waals surface area contributed by atoms with Gasteiger partial charge in [0.25, 0.3) is 0 Å². The zero-order valence-electron chi connectivity index (χ0n) is 14.1. The predicted molar refractivity (Wildman–Crippen MR) is 99.0 cm³/mol. The molecule has 2 heterocycles. The van der Waals surface area contributed by atoms with E-state index < -0.39 is 0 Å². The maximum atomic E-state index is 4.15. The van der Waals surface area contributed by atoms with Crippen molar-refractivity contribution in [2.75, 3.05) is 13.1 Å². The molecule has 0 amide bonds. The molecule has 0 aliphatic carbocycles. The van der Waals surface area contributed by atoms with Crippen molar-refractivity contribution in [1.29, 1.82) is 0 Å². The third kappa shape index (κ3) is 3.60. The molecular weight excluding hydrogens is 310 g/mol. The van der Waals surface area contributed by atoms with E-state index in [9.17, 15) is 0 Å². The number of benzene rings is 2. The second-order valence-electron chi connectivity index (χ2n) is 6.27. The van der Waals surface area contributed by atoms with Crippen LogP contribution in [0.4, 0.5) is 0 Å². The highest BCUT2D eigenvalue weighted by atomic mass is 15.5. The highest BCUT2D eigenvalue weighted by molar-refractivity contribution is 5.64. The van der Waals surface area contributed by atoms with Gasteiger partial charge in [0.1, 0.15) is 0 Å². The van der Waals surface area contributed by atoms with Gasteiger partial charge in [-0.15, -0.1) is 5.10 Å². The second kappa shape index (κ2) is 7.30. The van der Waals surface area contributed by atoms with E-state index in [1.54, 1.807) is 4.68 Å². The summed E-state index contributed by atoms with van der Waals surface area (Å²) in [4.78, 5) is 2.33. The van der Waals surface area contributed by atoms with Crippen molar-refractivity contribution in [3.63, 3.8) is 0 Å². The minimum absolute atomic E-state index is 0.748. The van der Waals surface area contributed by atoms with Gasteiger partial charge < -0.3 is 4.90 Å². The van der Waals surface area contributed by atoms with Crippen LogP contribution in [0.15, 0.2) is 60.8 Å². The van der Waals surface area contributed by atoms with Gasteiger partial charge in [-0.3, -0.25) is 0 Å². The molecule has 1 aromatic heterocycles. The Hall–Kier alpha value is -2.95. The van der Waals surface area contributed by atoms with E-state index in [0.29, 0.717) is 0 Å². The Morgan fingerprint density at radius 1 is 0.800 bits per heavy atom. The average molecular weight is 331 g/mol. The highest BCUT2D eigenvalue weighted by Crippen LogP contribution is 2.21. The van der Waals surface area contributed by atoms with Crippen LogP contribution in [0, 0.1) is 0 Å². The lowest BCUT2D eigenvalue weighted by atomic mass is 10.1. The number of hydrogen-bond donors (Lipinski definition) is 0. The van der Waals surface area contributed by atoms with Gasteiger partial charge in [0.15, 0.2) is 5.82 Å². The summed E-state index contributed by atoms with van der Waals surface area (Å²) in [7, 11) is 0. The summed E-state index contributed by atoms with van der Waals surface area (Å²) in [6, 6.07) is 18.7. The molecule has 0 N–H and O–H groups in total. The Labute approximate surface area is 147 Å². The normalized spacial score (nSPS) is 15.0. The number of nitrogens with zero attached hydrogens (tertiary/aromatic N) is 5. The van der Waals surface area contributed by atoms with E-state index >= 15 is 0 Å². The molecule has 1 aliphatic heterocycles. The van der Waals surface area contributed by atoms with Crippen LogP contribution in [0.2, 0.25) is 0 Å². The maximum Gasteiger partial charge on any atom is 0.181 e. The van der Waals surface area contributed by atoms with Crippen molar-refractivity contribution in [2.24, 2.45) is 0 Å². The third-order valence-electron chi connectivity index (χ3n) is 4.54. The summed E-state index contributed by atoms with van der Waals surface area (Å²) in [6.45, 7) is 2.23. The summed E-state index contributed by atoms with van der Waals surface area (Å²) in [5, 5.41) is 12.1. The van der Waals surface area contributed by atoms with E-state index in [1.807, 2.05) is 24.3 Å². The molecule has 0 unspecified atom stereocenters. The standard InChI is InChI=1S/C20H21N5/c1-3-7-17(8-4-1)18-9-11-19(12-10-18)25-20(21-22-23-25)13-16-24-14-5-2-6-15-24/h1,3-4,7-13,16H,2,5-6,14-15H2. The van der Waals surface area contributed by atoms with Gasteiger partial charge in [0, 0.05) is 25.4 Å². The predicted octanol–water partition coefficient (Wildman–Crippen LogP) is 3.79. The van der Waals surface area contributed by atoms with E-state index in [0.717, 1.165) is 24.6 Å². The molecule has 5 heteroatoms. The van der Waals surface area contributed by atoms with Crippen molar-refractivity contribution >= 4 is 6.08 Å². The lowest BCUT2D eigenvalue weighted by Crippen LogP contribution is -2.24.